The minimum atomic E-state index is -0.259. The maximum Gasteiger partial charge on any atom is 0.310 e. The number of thiazole rings is 1. The number of carbonyl (C=O) groups is 2. The lowest BCUT2D eigenvalue weighted by atomic mass is 9.79. The lowest BCUT2D eigenvalue weighted by Gasteiger charge is -2.31. The first-order valence-electron chi connectivity index (χ1n) is 10.2. The predicted octanol–water partition coefficient (Wildman–Crippen LogP) is 4.76. The molecule has 5 nitrogen and oxygen atoms in total. The van der Waals surface area contributed by atoms with Crippen LogP contribution in [0.3, 0.4) is 0 Å². The van der Waals surface area contributed by atoms with Crippen LogP contribution in [-0.4, -0.2) is 40.5 Å². The molecule has 0 saturated heterocycles. The maximum atomic E-state index is 12.8. The second-order valence-corrected chi connectivity index (χ2v) is 9.18. The Hall–Kier alpha value is -1.95. The highest BCUT2D eigenvalue weighted by atomic mass is 32.1. The van der Waals surface area contributed by atoms with Crippen LogP contribution in [0.15, 0.2) is 24.3 Å². The number of benzene rings is 1. The van der Waals surface area contributed by atoms with E-state index in [9.17, 15) is 9.59 Å². The maximum absolute atomic E-state index is 12.8. The Balaban J connectivity index is 1.69. The van der Waals surface area contributed by atoms with Crippen molar-refractivity contribution in [2.75, 3.05) is 6.61 Å². The minimum absolute atomic E-state index is 0.0800. The molecule has 3 rings (SSSR count). The van der Waals surface area contributed by atoms with E-state index >= 15 is 0 Å². The first kappa shape index (κ1) is 20.8. The van der Waals surface area contributed by atoms with Gasteiger partial charge in [0, 0.05) is 18.0 Å². The third kappa shape index (κ3) is 4.54. The highest BCUT2D eigenvalue weighted by Crippen LogP contribution is 2.41. The van der Waals surface area contributed by atoms with Crippen molar-refractivity contribution in [1.29, 1.82) is 0 Å². The fourth-order valence-corrected chi connectivity index (χ4v) is 5.41. The summed E-state index contributed by atoms with van der Waals surface area (Å²) in [6, 6.07) is 8.23. The van der Waals surface area contributed by atoms with E-state index in [0.717, 1.165) is 40.9 Å². The fraction of sp³-hybridized carbons (Fsp3) is 0.591. The van der Waals surface area contributed by atoms with Gasteiger partial charge >= 0.3 is 5.97 Å². The van der Waals surface area contributed by atoms with Crippen LogP contribution in [0.1, 0.15) is 64.3 Å². The number of fused-ring (bicyclic) bond motifs is 1. The average Bonchev–Trinajstić information content (AvgIpc) is 3.09. The van der Waals surface area contributed by atoms with E-state index in [0.29, 0.717) is 0 Å². The second-order valence-electron chi connectivity index (χ2n) is 8.11. The lowest BCUT2D eigenvalue weighted by Crippen LogP contribution is -2.44. The molecule has 0 radical (unpaired) electrons. The first-order chi connectivity index (χ1) is 13.4. The standard InChI is InChI=1S/C22H30N2O3S/c1-14(2)24(15(3)4)20(25)13-27-22(26)17-10-6-5-9-16(17)21-23-18-11-7-8-12-19(18)28-21/h7-8,11-12,14-17H,5-6,9-10,13H2,1-4H3/t16-,17+/m1/s1. The van der Waals surface area contributed by atoms with Crippen molar-refractivity contribution in [3.63, 3.8) is 0 Å². The summed E-state index contributed by atoms with van der Waals surface area (Å²) in [5, 5.41) is 1.01. The molecule has 0 aliphatic heterocycles. The van der Waals surface area contributed by atoms with Crippen LogP contribution in [-0.2, 0) is 14.3 Å². The molecule has 28 heavy (non-hydrogen) atoms. The Kier molecular flexibility index (Phi) is 6.70. The molecule has 1 aromatic carbocycles. The summed E-state index contributed by atoms with van der Waals surface area (Å²) in [5.74, 6) is -0.524. The van der Waals surface area contributed by atoms with Gasteiger partial charge < -0.3 is 9.64 Å². The first-order valence-corrected chi connectivity index (χ1v) is 11.0. The van der Waals surface area contributed by atoms with E-state index < -0.39 is 0 Å². The zero-order valence-electron chi connectivity index (χ0n) is 17.2. The zero-order chi connectivity index (χ0) is 20.3. The van der Waals surface area contributed by atoms with Gasteiger partial charge in [-0.2, -0.15) is 0 Å². The monoisotopic (exact) mass is 402 g/mol. The Morgan fingerprint density at radius 1 is 1.14 bits per heavy atom. The molecule has 1 amide bonds. The predicted molar refractivity (Wildman–Crippen MR) is 112 cm³/mol. The van der Waals surface area contributed by atoms with Gasteiger partial charge in [-0.15, -0.1) is 11.3 Å². The van der Waals surface area contributed by atoms with Gasteiger partial charge in [-0.05, 0) is 52.7 Å². The van der Waals surface area contributed by atoms with Gasteiger partial charge in [0.25, 0.3) is 5.91 Å². The quantitative estimate of drug-likeness (QED) is 0.654. The number of hydrogen-bond acceptors (Lipinski definition) is 5. The van der Waals surface area contributed by atoms with Crippen molar-refractivity contribution in [2.24, 2.45) is 5.92 Å². The molecular weight excluding hydrogens is 372 g/mol. The van der Waals surface area contributed by atoms with Gasteiger partial charge in [-0.3, -0.25) is 9.59 Å². The number of rotatable bonds is 6. The molecule has 2 aromatic rings. The van der Waals surface area contributed by atoms with E-state index in [1.54, 1.807) is 16.2 Å². The molecule has 1 aliphatic rings. The number of carbonyl (C=O) groups excluding carboxylic acids is 2. The zero-order valence-corrected chi connectivity index (χ0v) is 18.0. The summed E-state index contributed by atoms with van der Waals surface area (Å²) >= 11 is 1.67. The Bertz CT molecular complexity index is 789. The molecule has 0 bridgehead atoms. The molecule has 2 atom stereocenters. The number of aromatic nitrogens is 1. The third-order valence-electron chi connectivity index (χ3n) is 5.43. The van der Waals surface area contributed by atoms with Gasteiger partial charge in [-0.1, -0.05) is 25.0 Å². The van der Waals surface area contributed by atoms with Gasteiger partial charge in [-0.25, -0.2) is 4.98 Å². The van der Waals surface area contributed by atoms with Crippen LogP contribution in [0.4, 0.5) is 0 Å². The summed E-state index contributed by atoms with van der Waals surface area (Å²) in [7, 11) is 0. The van der Waals surface area contributed by atoms with Crippen molar-refractivity contribution in [2.45, 2.75) is 71.4 Å². The van der Waals surface area contributed by atoms with Gasteiger partial charge in [0.1, 0.15) is 0 Å². The summed E-state index contributed by atoms with van der Waals surface area (Å²) in [5.41, 5.74) is 0.986. The highest BCUT2D eigenvalue weighted by Gasteiger charge is 2.35. The van der Waals surface area contributed by atoms with Crippen molar-refractivity contribution in [1.82, 2.24) is 9.88 Å². The number of esters is 1. The number of amides is 1. The summed E-state index contributed by atoms with van der Waals surface area (Å²) in [6.45, 7) is 7.72. The molecule has 1 saturated carbocycles. The van der Waals surface area contributed by atoms with Gasteiger partial charge in [0.05, 0.1) is 21.1 Å². The smallest absolute Gasteiger partial charge is 0.310 e. The molecule has 6 heteroatoms. The van der Waals surface area contributed by atoms with Crippen LogP contribution >= 0.6 is 11.3 Å². The normalized spacial score (nSPS) is 19.9. The lowest BCUT2D eigenvalue weighted by molar-refractivity contribution is -0.158. The van der Waals surface area contributed by atoms with Crippen molar-refractivity contribution >= 4 is 33.4 Å². The van der Waals surface area contributed by atoms with E-state index in [-0.39, 0.29) is 42.4 Å². The van der Waals surface area contributed by atoms with Crippen molar-refractivity contribution in [3.05, 3.63) is 29.3 Å². The Labute approximate surface area is 171 Å². The molecule has 1 aromatic heterocycles. The highest BCUT2D eigenvalue weighted by molar-refractivity contribution is 7.18. The second kappa shape index (κ2) is 9.03. The minimum Gasteiger partial charge on any atom is -0.455 e. The number of nitrogens with zero attached hydrogens (tertiary/aromatic N) is 2. The number of ether oxygens (including phenoxy) is 1. The Morgan fingerprint density at radius 3 is 2.50 bits per heavy atom. The largest absolute Gasteiger partial charge is 0.455 e. The summed E-state index contributed by atoms with van der Waals surface area (Å²) in [6.07, 6.45) is 3.85. The molecule has 0 N–H and O–H groups in total. The van der Waals surface area contributed by atoms with Crippen LogP contribution < -0.4 is 0 Å². The van der Waals surface area contributed by atoms with Crippen LogP contribution in [0.2, 0.25) is 0 Å². The molecule has 1 fully saturated rings. The van der Waals surface area contributed by atoms with E-state index in [4.69, 9.17) is 9.72 Å². The molecule has 1 heterocycles. The molecular formula is C22H30N2O3S. The van der Waals surface area contributed by atoms with Crippen LogP contribution in [0.5, 0.6) is 0 Å². The van der Waals surface area contributed by atoms with E-state index in [2.05, 4.69) is 6.07 Å². The topological polar surface area (TPSA) is 59.5 Å². The molecule has 152 valence electrons. The molecule has 0 unspecified atom stereocenters. The number of hydrogen-bond donors (Lipinski definition) is 0. The van der Waals surface area contributed by atoms with Gasteiger partial charge in [0.15, 0.2) is 6.61 Å². The molecule has 1 aliphatic carbocycles. The average molecular weight is 403 g/mol. The van der Waals surface area contributed by atoms with Crippen molar-refractivity contribution < 1.29 is 14.3 Å². The van der Waals surface area contributed by atoms with E-state index in [1.165, 1.54) is 0 Å². The van der Waals surface area contributed by atoms with Crippen LogP contribution in [0, 0.1) is 5.92 Å². The Morgan fingerprint density at radius 2 is 1.82 bits per heavy atom. The fourth-order valence-electron chi connectivity index (χ4n) is 4.24. The SMILES string of the molecule is CC(C)N(C(=O)COC(=O)[C@H]1CCCC[C@H]1c1nc2ccccc2s1)C(C)C. The van der Waals surface area contributed by atoms with Crippen molar-refractivity contribution in [3.8, 4) is 0 Å². The third-order valence-corrected chi connectivity index (χ3v) is 6.60. The van der Waals surface area contributed by atoms with Crippen LogP contribution in [0.25, 0.3) is 10.2 Å². The molecule has 0 spiro atoms. The van der Waals surface area contributed by atoms with Gasteiger partial charge in [0.2, 0.25) is 0 Å². The van der Waals surface area contributed by atoms with E-state index in [1.807, 2.05) is 45.9 Å². The summed E-state index contributed by atoms with van der Waals surface area (Å²) in [4.78, 5) is 31.9. The summed E-state index contributed by atoms with van der Waals surface area (Å²) < 4.78 is 6.65. The number of para-hydroxylation sites is 1.